The van der Waals surface area contributed by atoms with E-state index in [4.69, 9.17) is 10.5 Å². The first kappa shape index (κ1) is 10.9. The second kappa shape index (κ2) is 4.51. The van der Waals surface area contributed by atoms with Gasteiger partial charge in [-0.15, -0.1) is 0 Å². The number of carbonyl (C=O) groups is 1. The molecule has 1 aromatic rings. The van der Waals surface area contributed by atoms with Gasteiger partial charge in [0, 0.05) is 18.7 Å². The zero-order chi connectivity index (χ0) is 11.5. The summed E-state index contributed by atoms with van der Waals surface area (Å²) in [5, 5.41) is 12.6. The zero-order valence-corrected chi connectivity index (χ0v) is 8.72. The van der Waals surface area contributed by atoms with E-state index in [9.17, 15) is 9.90 Å². The molecular weight excluding hydrogens is 208 g/mol. The van der Waals surface area contributed by atoms with Gasteiger partial charge in [0.15, 0.2) is 0 Å². The highest BCUT2D eigenvalue weighted by molar-refractivity contribution is 5.92. The van der Waals surface area contributed by atoms with E-state index in [1.165, 1.54) is 0 Å². The predicted molar refractivity (Wildman–Crippen MR) is 58.3 cm³/mol. The fraction of sp³-hybridized carbons (Fsp3) is 0.364. The van der Waals surface area contributed by atoms with Crippen molar-refractivity contribution in [2.45, 2.75) is 12.2 Å². The molecule has 4 N–H and O–H groups in total. The third kappa shape index (κ3) is 2.32. The van der Waals surface area contributed by atoms with Gasteiger partial charge in [0.1, 0.15) is 18.0 Å². The average Bonchev–Trinajstić information content (AvgIpc) is 2.65. The van der Waals surface area contributed by atoms with Gasteiger partial charge in [-0.2, -0.15) is 0 Å². The summed E-state index contributed by atoms with van der Waals surface area (Å²) in [6.45, 7) is 1.17. The van der Waals surface area contributed by atoms with Crippen molar-refractivity contribution >= 4 is 5.91 Å². The van der Waals surface area contributed by atoms with E-state index in [1.54, 1.807) is 24.3 Å². The molecule has 1 aromatic carbocycles. The number of benzene rings is 1. The highest BCUT2D eigenvalue weighted by atomic mass is 16.5. The minimum Gasteiger partial charge on any atom is -0.486 e. The molecule has 16 heavy (non-hydrogen) atoms. The Balaban J connectivity index is 2.02. The van der Waals surface area contributed by atoms with Crippen molar-refractivity contribution in [3.05, 3.63) is 29.8 Å². The molecule has 0 radical (unpaired) electrons. The number of carbonyl (C=O) groups excluding carboxylic acids is 1. The second-order valence-corrected chi connectivity index (χ2v) is 3.77. The Kier molecular flexibility index (Phi) is 3.07. The van der Waals surface area contributed by atoms with Crippen LogP contribution in [0.15, 0.2) is 24.3 Å². The Morgan fingerprint density at radius 1 is 1.38 bits per heavy atom. The molecule has 2 rings (SSSR count). The molecule has 1 amide bonds. The number of ether oxygens (including phenoxy) is 1. The minimum absolute atomic E-state index is 0.237. The summed E-state index contributed by atoms with van der Waals surface area (Å²) in [5.74, 6) is 0.159. The number of hydrogen-bond donors (Lipinski definition) is 3. The Hall–Kier alpha value is -1.59. The molecule has 0 aromatic heterocycles. The first-order valence-electron chi connectivity index (χ1n) is 5.12. The second-order valence-electron chi connectivity index (χ2n) is 3.77. The molecule has 0 aliphatic carbocycles. The Bertz CT molecular complexity index is 377. The van der Waals surface area contributed by atoms with Crippen molar-refractivity contribution in [1.29, 1.82) is 0 Å². The Morgan fingerprint density at radius 3 is 2.56 bits per heavy atom. The maximum Gasteiger partial charge on any atom is 0.248 e. The minimum atomic E-state index is -0.490. The molecule has 1 saturated heterocycles. The van der Waals surface area contributed by atoms with Crippen molar-refractivity contribution in [3.63, 3.8) is 0 Å². The molecular formula is C11H14N2O3. The first-order chi connectivity index (χ1) is 7.66. The number of nitrogens with two attached hydrogens (primary N) is 1. The van der Waals surface area contributed by atoms with E-state index in [0.717, 1.165) is 0 Å². The third-order valence-electron chi connectivity index (χ3n) is 2.55. The molecule has 2 atom stereocenters. The van der Waals surface area contributed by atoms with Crippen molar-refractivity contribution in [2.24, 2.45) is 5.73 Å². The Labute approximate surface area is 93.2 Å². The van der Waals surface area contributed by atoms with Crippen LogP contribution >= 0.6 is 0 Å². The van der Waals surface area contributed by atoms with Crippen LogP contribution in [0.3, 0.4) is 0 Å². The largest absolute Gasteiger partial charge is 0.486 e. The molecule has 0 bridgehead atoms. The number of aliphatic hydroxyl groups excluding tert-OH is 1. The number of rotatable bonds is 3. The fourth-order valence-electron chi connectivity index (χ4n) is 1.63. The van der Waals surface area contributed by atoms with Crippen molar-refractivity contribution in [1.82, 2.24) is 5.32 Å². The fourth-order valence-corrected chi connectivity index (χ4v) is 1.63. The van der Waals surface area contributed by atoms with E-state index < -0.39 is 12.0 Å². The van der Waals surface area contributed by atoms with Crippen molar-refractivity contribution in [3.8, 4) is 5.75 Å². The predicted octanol–water partition coefficient (Wildman–Crippen LogP) is -0.503. The summed E-state index contributed by atoms with van der Waals surface area (Å²) in [6, 6.07) is 6.55. The third-order valence-corrected chi connectivity index (χ3v) is 2.55. The first-order valence-corrected chi connectivity index (χ1v) is 5.12. The van der Waals surface area contributed by atoms with Crippen LogP contribution in [0.5, 0.6) is 5.75 Å². The standard InChI is InChI=1S/C11H14N2O3/c12-11(15)7-1-3-8(4-2-7)16-10-6-13-5-9(10)14/h1-4,9-10,13-14H,5-6H2,(H2,12,15)/t9-,10-/m1/s1. The van der Waals surface area contributed by atoms with Crippen LogP contribution in [0.1, 0.15) is 10.4 Å². The summed E-state index contributed by atoms with van der Waals surface area (Å²) < 4.78 is 5.56. The van der Waals surface area contributed by atoms with Gasteiger partial charge in [-0.05, 0) is 24.3 Å². The Morgan fingerprint density at radius 2 is 2.06 bits per heavy atom. The molecule has 5 nitrogen and oxygen atoms in total. The smallest absolute Gasteiger partial charge is 0.248 e. The van der Waals surface area contributed by atoms with Crippen molar-refractivity contribution in [2.75, 3.05) is 13.1 Å². The highest BCUT2D eigenvalue weighted by Crippen LogP contribution is 2.16. The van der Waals surface area contributed by atoms with Gasteiger partial charge in [-0.1, -0.05) is 0 Å². The van der Waals surface area contributed by atoms with Crippen LogP contribution in [0.25, 0.3) is 0 Å². The average molecular weight is 222 g/mol. The zero-order valence-electron chi connectivity index (χ0n) is 8.72. The van der Waals surface area contributed by atoms with Crippen LogP contribution in [0.4, 0.5) is 0 Å². The topological polar surface area (TPSA) is 84.6 Å². The molecule has 0 spiro atoms. The van der Waals surface area contributed by atoms with Crippen molar-refractivity contribution < 1.29 is 14.6 Å². The monoisotopic (exact) mass is 222 g/mol. The molecule has 1 aliphatic rings. The van der Waals surface area contributed by atoms with Crippen LogP contribution in [0.2, 0.25) is 0 Å². The van der Waals surface area contributed by atoms with E-state index >= 15 is 0 Å². The lowest BCUT2D eigenvalue weighted by atomic mass is 10.2. The summed E-state index contributed by atoms with van der Waals surface area (Å²) in [5.41, 5.74) is 5.56. The highest BCUT2D eigenvalue weighted by Gasteiger charge is 2.26. The van der Waals surface area contributed by atoms with Crippen LogP contribution < -0.4 is 15.8 Å². The number of primary amides is 1. The molecule has 1 aliphatic heterocycles. The lowest BCUT2D eigenvalue weighted by Gasteiger charge is -2.16. The van der Waals surface area contributed by atoms with Crippen LogP contribution in [-0.2, 0) is 0 Å². The lowest BCUT2D eigenvalue weighted by Crippen LogP contribution is -2.29. The lowest BCUT2D eigenvalue weighted by molar-refractivity contribution is 0.0737. The number of hydrogen-bond acceptors (Lipinski definition) is 4. The van der Waals surface area contributed by atoms with Crippen LogP contribution in [0, 0.1) is 0 Å². The maximum absolute atomic E-state index is 10.8. The summed E-state index contributed by atoms with van der Waals surface area (Å²) >= 11 is 0. The molecule has 86 valence electrons. The summed E-state index contributed by atoms with van der Waals surface area (Å²) in [4.78, 5) is 10.8. The van der Waals surface area contributed by atoms with E-state index in [0.29, 0.717) is 24.4 Å². The summed E-state index contributed by atoms with van der Waals surface area (Å²) in [7, 11) is 0. The summed E-state index contributed by atoms with van der Waals surface area (Å²) in [6.07, 6.45) is -0.727. The van der Waals surface area contributed by atoms with E-state index in [2.05, 4.69) is 5.32 Å². The van der Waals surface area contributed by atoms with Gasteiger partial charge in [-0.3, -0.25) is 4.79 Å². The van der Waals surface area contributed by atoms with E-state index in [1.807, 2.05) is 0 Å². The van der Waals surface area contributed by atoms with Crippen LogP contribution in [-0.4, -0.2) is 36.3 Å². The van der Waals surface area contributed by atoms with Gasteiger partial charge in [-0.25, -0.2) is 0 Å². The normalized spacial score (nSPS) is 24.3. The van der Waals surface area contributed by atoms with Gasteiger partial charge < -0.3 is 20.9 Å². The molecule has 5 heteroatoms. The molecule has 0 unspecified atom stereocenters. The maximum atomic E-state index is 10.8. The van der Waals surface area contributed by atoms with Gasteiger partial charge >= 0.3 is 0 Å². The van der Waals surface area contributed by atoms with Gasteiger partial charge in [0.05, 0.1) is 0 Å². The van der Waals surface area contributed by atoms with Gasteiger partial charge in [0.25, 0.3) is 0 Å². The number of amides is 1. The molecule has 1 heterocycles. The SMILES string of the molecule is NC(=O)c1ccc(O[C@@H]2CNC[C@H]2O)cc1. The molecule has 0 saturated carbocycles. The molecule has 1 fully saturated rings. The quantitative estimate of drug-likeness (QED) is 0.643. The number of nitrogens with one attached hydrogen (secondary N) is 1. The van der Waals surface area contributed by atoms with E-state index in [-0.39, 0.29) is 6.10 Å². The van der Waals surface area contributed by atoms with Gasteiger partial charge in [0.2, 0.25) is 5.91 Å². The number of β-amino-alcohol motifs (C(OH)–C–C–N with tert-alkyl or cyclic N) is 1. The number of aliphatic hydroxyl groups is 1.